The molecule has 2 aliphatic rings. The van der Waals surface area contributed by atoms with E-state index in [0.717, 1.165) is 30.5 Å². The molecule has 0 saturated heterocycles. The summed E-state index contributed by atoms with van der Waals surface area (Å²) < 4.78 is 0. The third-order valence-corrected chi connectivity index (χ3v) is 6.23. The molecule has 1 aliphatic heterocycles. The van der Waals surface area contributed by atoms with Gasteiger partial charge in [0.05, 0.1) is 5.70 Å². The van der Waals surface area contributed by atoms with Crippen LogP contribution < -0.4 is 10.4 Å². The summed E-state index contributed by atoms with van der Waals surface area (Å²) in [6, 6.07) is 29.3. The fraction of sp³-hybridized carbons (Fsp3) is 0.143. The first-order chi connectivity index (χ1) is 14.8. The Labute approximate surface area is 177 Å². The van der Waals surface area contributed by atoms with E-state index in [0.29, 0.717) is 5.71 Å². The van der Waals surface area contributed by atoms with Crippen molar-refractivity contribution >= 4 is 23.6 Å². The molecule has 30 heavy (non-hydrogen) atoms. The van der Waals surface area contributed by atoms with Crippen molar-refractivity contribution in [3.8, 4) is 0 Å². The van der Waals surface area contributed by atoms with Gasteiger partial charge >= 0.3 is 0 Å². The largest absolute Gasteiger partial charge is 0.304 e. The first-order valence-corrected chi connectivity index (χ1v) is 10.5. The van der Waals surface area contributed by atoms with Crippen molar-refractivity contribution in [3.63, 3.8) is 0 Å². The van der Waals surface area contributed by atoms with Crippen LogP contribution in [0, 0.1) is 10.8 Å². The second-order valence-electron chi connectivity index (χ2n) is 8.02. The molecule has 0 spiro atoms. The van der Waals surface area contributed by atoms with Gasteiger partial charge in [-0.3, -0.25) is 4.99 Å². The number of nitrogens with zero attached hydrogens (tertiary/aromatic N) is 1. The second-order valence-corrected chi connectivity index (χ2v) is 8.02. The summed E-state index contributed by atoms with van der Waals surface area (Å²) in [5, 5.41) is 11.8. The van der Waals surface area contributed by atoms with Crippen LogP contribution in [0.3, 0.4) is 0 Å². The van der Waals surface area contributed by atoms with Crippen molar-refractivity contribution in [2.75, 3.05) is 0 Å². The summed E-state index contributed by atoms with van der Waals surface area (Å²) >= 11 is 0. The van der Waals surface area contributed by atoms with Gasteiger partial charge in [-0.05, 0) is 52.5 Å². The van der Waals surface area contributed by atoms with Gasteiger partial charge in [-0.1, -0.05) is 91.0 Å². The van der Waals surface area contributed by atoms with Gasteiger partial charge in [0.15, 0.2) is 0 Å². The molecule has 3 aromatic rings. The molecule has 146 valence electrons. The Morgan fingerprint density at radius 1 is 0.867 bits per heavy atom. The number of fused-ring (bicyclic) bond motifs is 2. The zero-order chi connectivity index (χ0) is 20.4. The van der Waals surface area contributed by atoms with Gasteiger partial charge in [0.1, 0.15) is 0 Å². The quantitative estimate of drug-likeness (QED) is 0.630. The third kappa shape index (κ3) is 3.15. The van der Waals surface area contributed by atoms with Crippen molar-refractivity contribution < 1.29 is 0 Å². The van der Waals surface area contributed by atoms with Crippen LogP contribution >= 0.6 is 0 Å². The maximum atomic E-state index is 9.45. The Hall–Kier alpha value is -3.52. The Bertz CT molecular complexity index is 1270. The molecular weight excluding hydrogens is 364 g/mol. The molecule has 5 rings (SSSR count). The lowest BCUT2D eigenvalue weighted by Crippen LogP contribution is -2.42. The first-order valence-electron chi connectivity index (χ1n) is 10.5. The zero-order valence-electron chi connectivity index (χ0n) is 16.9. The van der Waals surface area contributed by atoms with Gasteiger partial charge in [0.2, 0.25) is 0 Å². The topological polar surface area (TPSA) is 36.2 Å². The van der Waals surface area contributed by atoms with E-state index >= 15 is 0 Å². The molecule has 0 aromatic heterocycles. The number of aliphatic imine (C=N–C) groups is 1. The summed E-state index contributed by atoms with van der Waals surface area (Å²) in [5.41, 5.74) is 4.68. The zero-order valence-corrected chi connectivity index (χ0v) is 16.9. The highest BCUT2D eigenvalue weighted by molar-refractivity contribution is 6.11. The first kappa shape index (κ1) is 18.5. The standard InChI is InChI=1S/C28H24N2/c29-27(23-13-5-2-6-14-23)28(20-21-10-3-1-4-11-21)18-9-16-25-26(28)24-15-8-7-12-22(24)17-19-30-25/h1-8,10-17,19,29H,9,18,20H2. The molecule has 3 aromatic carbocycles. The predicted octanol–water partition coefficient (Wildman–Crippen LogP) is 4.68. The SMILES string of the molecule is N=C(c1ccccc1)C1(Cc2ccccc2)CCC=C2N=CC=c3ccccc3=C21. The predicted molar refractivity (Wildman–Crippen MR) is 125 cm³/mol. The van der Waals surface area contributed by atoms with Gasteiger partial charge < -0.3 is 5.41 Å². The maximum Gasteiger partial charge on any atom is 0.0637 e. The molecule has 0 saturated carbocycles. The van der Waals surface area contributed by atoms with E-state index in [1.807, 2.05) is 24.4 Å². The molecular formula is C28H24N2. The number of hydrogen-bond acceptors (Lipinski definition) is 2. The third-order valence-electron chi connectivity index (χ3n) is 6.23. The maximum absolute atomic E-state index is 9.45. The van der Waals surface area contributed by atoms with Crippen LogP contribution in [-0.2, 0) is 6.42 Å². The van der Waals surface area contributed by atoms with Gasteiger partial charge in [0.25, 0.3) is 0 Å². The molecule has 0 amide bonds. The minimum absolute atomic E-state index is 0.432. The molecule has 1 atom stereocenters. The van der Waals surface area contributed by atoms with Gasteiger partial charge in [-0.25, -0.2) is 0 Å². The summed E-state index contributed by atoms with van der Waals surface area (Å²) in [7, 11) is 0. The van der Waals surface area contributed by atoms with E-state index in [9.17, 15) is 5.41 Å². The molecule has 1 heterocycles. The lowest BCUT2D eigenvalue weighted by atomic mass is 9.63. The van der Waals surface area contributed by atoms with Crippen molar-refractivity contribution in [1.82, 2.24) is 0 Å². The Kier molecular flexibility index (Phi) is 4.76. The number of nitrogens with one attached hydrogen (secondary N) is 1. The van der Waals surface area contributed by atoms with E-state index in [1.165, 1.54) is 21.6 Å². The van der Waals surface area contributed by atoms with E-state index in [1.54, 1.807) is 0 Å². The Balaban J connectivity index is 1.82. The summed E-state index contributed by atoms with van der Waals surface area (Å²) in [4.78, 5) is 4.82. The number of hydrogen-bond donors (Lipinski definition) is 1. The van der Waals surface area contributed by atoms with E-state index in [4.69, 9.17) is 4.99 Å². The second kappa shape index (κ2) is 7.72. The molecule has 0 radical (unpaired) electrons. The van der Waals surface area contributed by atoms with Gasteiger partial charge in [-0.15, -0.1) is 0 Å². The average Bonchev–Trinajstić information content (AvgIpc) is 3.00. The highest BCUT2D eigenvalue weighted by Crippen LogP contribution is 2.47. The van der Waals surface area contributed by atoms with E-state index in [2.05, 4.69) is 78.9 Å². The van der Waals surface area contributed by atoms with Crippen molar-refractivity contribution in [3.05, 3.63) is 118 Å². The minimum atomic E-state index is -0.432. The number of allylic oxidation sites excluding steroid dienone is 2. The van der Waals surface area contributed by atoms with E-state index in [-0.39, 0.29) is 0 Å². The Morgan fingerprint density at radius 2 is 1.57 bits per heavy atom. The van der Waals surface area contributed by atoms with Crippen molar-refractivity contribution in [1.29, 1.82) is 5.41 Å². The monoisotopic (exact) mass is 388 g/mol. The van der Waals surface area contributed by atoms with Crippen LogP contribution in [-0.4, -0.2) is 11.9 Å². The summed E-state index contributed by atoms with van der Waals surface area (Å²) in [6.07, 6.45) is 8.84. The van der Waals surface area contributed by atoms with Crippen molar-refractivity contribution in [2.24, 2.45) is 10.4 Å². The molecule has 2 heteroatoms. The fourth-order valence-corrected chi connectivity index (χ4v) is 4.85. The highest BCUT2D eigenvalue weighted by atomic mass is 14.8. The summed E-state index contributed by atoms with van der Waals surface area (Å²) in [5.74, 6) is 0. The normalized spacial score (nSPS) is 19.7. The Morgan fingerprint density at radius 3 is 2.37 bits per heavy atom. The average molecular weight is 389 g/mol. The van der Waals surface area contributed by atoms with Gasteiger partial charge in [0, 0.05) is 17.3 Å². The van der Waals surface area contributed by atoms with Crippen LogP contribution in [0.5, 0.6) is 0 Å². The fourth-order valence-electron chi connectivity index (χ4n) is 4.85. The number of benzene rings is 3. The highest BCUT2D eigenvalue weighted by Gasteiger charge is 2.43. The summed E-state index contributed by atoms with van der Waals surface area (Å²) in [6.45, 7) is 0. The smallest absolute Gasteiger partial charge is 0.0637 e. The molecule has 2 nitrogen and oxygen atoms in total. The van der Waals surface area contributed by atoms with Crippen LogP contribution in [0.1, 0.15) is 24.0 Å². The van der Waals surface area contributed by atoms with Crippen LogP contribution in [0.4, 0.5) is 0 Å². The van der Waals surface area contributed by atoms with E-state index < -0.39 is 5.41 Å². The van der Waals surface area contributed by atoms with Gasteiger partial charge in [-0.2, -0.15) is 0 Å². The molecule has 0 bridgehead atoms. The lowest BCUT2D eigenvalue weighted by molar-refractivity contribution is 0.488. The van der Waals surface area contributed by atoms with Crippen LogP contribution in [0.2, 0.25) is 0 Å². The van der Waals surface area contributed by atoms with Crippen LogP contribution in [0.15, 0.2) is 102 Å². The lowest BCUT2D eigenvalue weighted by Gasteiger charge is -2.40. The molecule has 1 N–H and O–H groups in total. The molecule has 0 fully saturated rings. The number of rotatable bonds is 4. The molecule has 1 unspecified atom stereocenters. The molecule has 1 aliphatic carbocycles. The van der Waals surface area contributed by atoms with Crippen LogP contribution in [0.25, 0.3) is 11.6 Å². The van der Waals surface area contributed by atoms with Crippen molar-refractivity contribution in [2.45, 2.75) is 19.3 Å². The minimum Gasteiger partial charge on any atom is -0.304 e.